The summed E-state index contributed by atoms with van der Waals surface area (Å²) in [5.41, 5.74) is 4.07. The molecule has 0 spiro atoms. The molecule has 0 saturated heterocycles. The predicted molar refractivity (Wildman–Crippen MR) is 140 cm³/mol. The van der Waals surface area contributed by atoms with Gasteiger partial charge in [-0.05, 0) is 67.6 Å². The lowest BCUT2D eigenvalue weighted by Gasteiger charge is -2.16. The summed E-state index contributed by atoms with van der Waals surface area (Å²) in [5, 5.41) is 12.3. The van der Waals surface area contributed by atoms with Crippen LogP contribution in [0.3, 0.4) is 0 Å². The Morgan fingerprint density at radius 1 is 1.06 bits per heavy atom. The van der Waals surface area contributed by atoms with Crippen LogP contribution in [0.15, 0.2) is 47.5 Å². The van der Waals surface area contributed by atoms with Crippen molar-refractivity contribution >= 4 is 34.8 Å². The third kappa shape index (κ3) is 7.61. The number of guanidine groups is 1. The predicted octanol–water partition coefficient (Wildman–Crippen LogP) is 5.36. The number of rotatable bonds is 10. The van der Waals surface area contributed by atoms with Crippen LogP contribution in [0.4, 0.5) is 17.1 Å². The zero-order valence-corrected chi connectivity index (χ0v) is 20.5. The molecule has 1 heterocycles. The number of anilines is 3. The van der Waals surface area contributed by atoms with Crippen LogP contribution in [-0.4, -0.2) is 30.9 Å². The Balaban J connectivity index is 1.58. The molecule has 182 valence electrons. The van der Waals surface area contributed by atoms with Gasteiger partial charge in [0.25, 0.3) is 5.91 Å². The highest BCUT2D eigenvalue weighted by Crippen LogP contribution is 2.24. The third-order valence-corrected chi connectivity index (χ3v) is 6.10. The number of aryl methyl sites for hydroxylation is 1. The summed E-state index contributed by atoms with van der Waals surface area (Å²) in [4.78, 5) is 29.2. The van der Waals surface area contributed by atoms with Crippen LogP contribution in [0.1, 0.15) is 68.3 Å². The second-order valence-corrected chi connectivity index (χ2v) is 8.85. The first kappa shape index (κ1) is 25.3. The molecule has 1 unspecified atom stereocenters. The van der Waals surface area contributed by atoms with Gasteiger partial charge in [-0.25, -0.2) is 0 Å². The molecule has 0 aliphatic carbocycles. The molecule has 3 rings (SSSR count). The molecule has 1 aliphatic heterocycles. The zero-order chi connectivity index (χ0) is 24.3. The highest BCUT2D eigenvalue weighted by atomic mass is 16.2. The minimum atomic E-state index is -0.184. The van der Waals surface area contributed by atoms with E-state index in [0.29, 0.717) is 23.9 Å². The molecule has 7 nitrogen and oxygen atoms in total. The van der Waals surface area contributed by atoms with E-state index in [1.807, 2.05) is 43.3 Å². The lowest BCUT2D eigenvalue weighted by molar-refractivity contribution is -0.116. The summed E-state index contributed by atoms with van der Waals surface area (Å²) in [6, 6.07) is 13.2. The number of carbonyl (C=O) groups is 2. The number of benzene rings is 2. The van der Waals surface area contributed by atoms with Crippen molar-refractivity contribution in [2.75, 3.05) is 23.7 Å². The minimum Gasteiger partial charge on any atom is -0.356 e. The summed E-state index contributed by atoms with van der Waals surface area (Å²) < 4.78 is 0. The normalized spacial score (nSPS) is 13.9. The van der Waals surface area contributed by atoms with Gasteiger partial charge < -0.3 is 16.0 Å². The van der Waals surface area contributed by atoms with Gasteiger partial charge in [0.2, 0.25) is 5.91 Å². The van der Waals surface area contributed by atoms with Crippen LogP contribution < -0.4 is 21.3 Å². The van der Waals surface area contributed by atoms with Crippen LogP contribution in [0, 0.1) is 12.8 Å². The van der Waals surface area contributed by atoms with Crippen molar-refractivity contribution in [1.82, 2.24) is 10.6 Å². The maximum atomic E-state index is 12.5. The Bertz CT molecular complexity index is 1020. The Morgan fingerprint density at radius 3 is 2.59 bits per heavy atom. The van der Waals surface area contributed by atoms with E-state index in [0.717, 1.165) is 61.4 Å². The van der Waals surface area contributed by atoms with Crippen molar-refractivity contribution in [3.63, 3.8) is 0 Å². The van der Waals surface area contributed by atoms with Crippen LogP contribution in [-0.2, 0) is 4.79 Å². The summed E-state index contributed by atoms with van der Waals surface area (Å²) >= 11 is 0. The fourth-order valence-electron chi connectivity index (χ4n) is 4.09. The molecular formula is C27H37N5O2. The van der Waals surface area contributed by atoms with Gasteiger partial charge >= 0.3 is 0 Å². The summed E-state index contributed by atoms with van der Waals surface area (Å²) in [6.07, 6.45) is 5.89. The average Bonchev–Trinajstić information content (AvgIpc) is 2.84. The number of nitrogens with zero attached hydrogens (tertiary/aromatic N) is 1. The van der Waals surface area contributed by atoms with Crippen LogP contribution in [0.5, 0.6) is 0 Å². The third-order valence-electron chi connectivity index (χ3n) is 6.10. The van der Waals surface area contributed by atoms with Crippen molar-refractivity contribution in [1.29, 1.82) is 0 Å². The SMILES string of the molecule is CCCC(CC)CCC(=O)Nc1cccc(Nc2ccc(C(=O)NC3=NCCCN3)cc2C)c1. The van der Waals surface area contributed by atoms with Crippen molar-refractivity contribution in [3.8, 4) is 0 Å². The standard InChI is InChI=1S/C27H37N5O2/c1-4-8-20(5-2)11-14-25(33)31-23-10-6-9-22(18-23)30-24-13-12-21(17-19(24)3)26(34)32-27-28-15-7-16-29-27/h6,9-10,12-13,17-18,20,30H,4-5,7-8,11,14-16H2,1-3H3,(H,31,33)(H2,28,29,32,34). The Kier molecular flexibility index (Phi) is 9.50. The average molecular weight is 464 g/mol. The molecule has 0 saturated carbocycles. The largest absolute Gasteiger partial charge is 0.356 e. The number of carbonyl (C=O) groups excluding carboxylic acids is 2. The highest BCUT2D eigenvalue weighted by molar-refractivity contribution is 6.06. The second kappa shape index (κ2) is 12.8. The van der Waals surface area contributed by atoms with E-state index >= 15 is 0 Å². The number of hydrogen-bond donors (Lipinski definition) is 4. The summed E-state index contributed by atoms with van der Waals surface area (Å²) in [7, 11) is 0. The molecule has 0 radical (unpaired) electrons. The van der Waals surface area contributed by atoms with Crippen molar-refractivity contribution in [2.45, 2.75) is 59.3 Å². The van der Waals surface area contributed by atoms with Gasteiger partial charge in [0.15, 0.2) is 5.96 Å². The molecule has 2 amide bonds. The topological polar surface area (TPSA) is 94.6 Å². The van der Waals surface area contributed by atoms with E-state index in [9.17, 15) is 9.59 Å². The Labute approximate surface area is 202 Å². The molecule has 4 N–H and O–H groups in total. The summed E-state index contributed by atoms with van der Waals surface area (Å²) in [6.45, 7) is 7.88. The maximum Gasteiger partial charge on any atom is 0.257 e. The van der Waals surface area contributed by atoms with Crippen molar-refractivity contribution in [3.05, 3.63) is 53.6 Å². The Morgan fingerprint density at radius 2 is 1.88 bits per heavy atom. The van der Waals surface area contributed by atoms with Crippen LogP contribution in [0.25, 0.3) is 0 Å². The van der Waals surface area contributed by atoms with Crippen molar-refractivity contribution < 1.29 is 9.59 Å². The number of nitrogens with one attached hydrogen (secondary N) is 4. The van der Waals surface area contributed by atoms with E-state index in [4.69, 9.17) is 0 Å². The van der Waals surface area contributed by atoms with E-state index < -0.39 is 0 Å². The van der Waals surface area contributed by atoms with E-state index in [1.165, 1.54) is 6.42 Å². The van der Waals surface area contributed by atoms with Gasteiger partial charge in [-0.2, -0.15) is 0 Å². The number of amides is 2. The fourth-order valence-corrected chi connectivity index (χ4v) is 4.09. The number of aliphatic imine (C=N–C) groups is 1. The fraction of sp³-hybridized carbons (Fsp3) is 0.444. The molecule has 2 aromatic carbocycles. The van der Waals surface area contributed by atoms with Crippen LogP contribution in [0.2, 0.25) is 0 Å². The Hall–Kier alpha value is -3.35. The van der Waals surface area contributed by atoms with Gasteiger partial charge in [-0.15, -0.1) is 0 Å². The first-order valence-corrected chi connectivity index (χ1v) is 12.4. The molecule has 34 heavy (non-hydrogen) atoms. The lowest BCUT2D eigenvalue weighted by Crippen LogP contribution is -2.43. The maximum absolute atomic E-state index is 12.5. The van der Waals surface area contributed by atoms with Gasteiger partial charge in [0.05, 0.1) is 0 Å². The van der Waals surface area contributed by atoms with Crippen molar-refractivity contribution in [2.24, 2.45) is 10.9 Å². The lowest BCUT2D eigenvalue weighted by atomic mass is 9.95. The van der Waals surface area contributed by atoms with Gasteiger partial charge in [-0.1, -0.05) is 39.2 Å². The molecule has 1 atom stereocenters. The quantitative estimate of drug-likeness (QED) is 0.381. The monoisotopic (exact) mass is 463 g/mol. The molecule has 7 heteroatoms. The van der Waals surface area contributed by atoms with Crippen LogP contribution >= 0.6 is 0 Å². The first-order chi connectivity index (χ1) is 16.5. The summed E-state index contributed by atoms with van der Waals surface area (Å²) in [5.74, 6) is 1.02. The molecule has 0 fully saturated rings. The van der Waals surface area contributed by atoms with E-state index in [2.05, 4.69) is 40.1 Å². The number of hydrogen-bond acceptors (Lipinski definition) is 5. The second-order valence-electron chi connectivity index (χ2n) is 8.85. The molecule has 2 aromatic rings. The van der Waals surface area contributed by atoms with E-state index in [1.54, 1.807) is 6.07 Å². The zero-order valence-electron chi connectivity index (χ0n) is 20.5. The van der Waals surface area contributed by atoms with E-state index in [-0.39, 0.29) is 11.8 Å². The molecule has 1 aliphatic rings. The minimum absolute atomic E-state index is 0.0512. The smallest absolute Gasteiger partial charge is 0.257 e. The molecular weight excluding hydrogens is 426 g/mol. The van der Waals surface area contributed by atoms with Gasteiger partial charge in [0, 0.05) is 42.1 Å². The molecule has 0 bridgehead atoms. The van der Waals surface area contributed by atoms with Gasteiger partial charge in [0.1, 0.15) is 0 Å². The highest BCUT2D eigenvalue weighted by Gasteiger charge is 2.13. The molecule has 0 aromatic heterocycles. The van der Waals surface area contributed by atoms with Gasteiger partial charge in [-0.3, -0.25) is 19.9 Å². The first-order valence-electron chi connectivity index (χ1n) is 12.4.